The minimum absolute atomic E-state index is 0.00724. The summed E-state index contributed by atoms with van der Waals surface area (Å²) in [7, 11) is 3.01. The van der Waals surface area contributed by atoms with Crippen LogP contribution in [-0.2, 0) is 11.3 Å². The molecule has 1 aromatic heterocycles. The number of esters is 1. The van der Waals surface area contributed by atoms with Gasteiger partial charge in [0.25, 0.3) is 11.6 Å². The Balaban J connectivity index is 1.74. The van der Waals surface area contributed by atoms with Gasteiger partial charge in [0.05, 0.1) is 19.1 Å². The van der Waals surface area contributed by atoms with Crippen LogP contribution < -0.4 is 9.47 Å². The average molecular weight is 420 g/mol. The molecule has 0 amide bonds. The van der Waals surface area contributed by atoms with Crippen molar-refractivity contribution in [2.75, 3.05) is 14.2 Å². The van der Waals surface area contributed by atoms with Crippen molar-refractivity contribution in [3.63, 3.8) is 0 Å². The Bertz CT molecular complexity index is 1070. The number of hydrogen-bond donors (Lipinski definition) is 0. The summed E-state index contributed by atoms with van der Waals surface area (Å²) in [5.74, 6) is 0.330. The van der Waals surface area contributed by atoms with Crippen molar-refractivity contribution in [1.82, 2.24) is 10.1 Å². The number of ether oxygens (including phenoxy) is 3. The fraction of sp³-hybridized carbons (Fsp3) is 0.167. The number of nitro groups is 1. The summed E-state index contributed by atoms with van der Waals surface area (Å²) in [6, 6.07) is 8.64. The lowest BCUT2D eigenvalue weighted by Crippen LogP contribution is -2.08. The Morgan fingerprint density at radius 3 is 2.62 bits per heavy atom. The van der Waals surface area contributed by atoms with E-state index in [4.69, 9.17) is 30.3 Å². The molecule has 1 heterocycles. The standard InChI is InChI=1S/C18H14ClN3O7/c1-26-14-6-3-10(7-15(14)27-2)17-20-16(29-21-17)9-28-18(23)12-8-11(19)4-5-13(12)22(24)25/h3-8H,9H2,1-2H3. The molecule has 0 atom stereocenters. The van der Waals surface area contributed by atoms with Crippen LogP contribution in [0.4, 0.5) is 5.69 Å². The van der Waals surface area contributed by atoms with E-state index < -0.39 is 16.6 Å². The molecule has 11 heteroatoms. The van der Waals surface area contributed by atoms with Gasteiger partial charge in [-0.2, -0.15) is 4.98 Å². The topological polar surface area (TPSA) is 127 Å². The van der Waals surface area contributed by atoms with Crippen LogP contribution >= 0.6 is 11.6 Å². The Morgan fingerprint density at radius 1 is 1.17 bits per heavy atom. The highest BCUT2D eigenvalue weighted by atomic mass is 35.5. The first-order valence-corrected chi connectivity index (χ1v) is 8.46. The number of carbonyl (C=O) groups is 1. The predicted molar refractivity (Wildman–Crippen MR) is 100 cm³/mol. The van der Waals surface area contributed by atoms with E-state index in [9.17, 15) is 14.9 Å². The molecule has 2 aromatic carbocycles. The maximum atomic E-state index is 12.2. The van der Waals surface area contributed by atoms with Gasteiger partial charge >= 0.3 is 5.97 Å². The molecule has 0 N–H and O–H groups in total. The van der Waals surface area contributed by atoms with E-state index >= 15 is 0 Å². The van der Waals surface area contributed by atoms with Crippen molar-refractivity contribution >= 4 is 23.3 Å². The summed E-state index contributed by atoms with van der Waals surface area (Å²) < 4.78 is 20.5. The van der Waals surface area contributed by atoms with Gasteiger partial charge < -0.3 is 18.7 Å². The second-order valence-electron chi connectivity index (χ2n) is 5.58. The van der Waals surface area contributed by atoms with E-state index in [0.717, 1.165) is 12.1 Å². The molecule has 29 heavy (non-hydrogen) atoms. The number of aromatic nitrogens is 2. The monoisotopic (exact) mass is 419 g/mol. The first-order valence-electron chi connectivity index (χ1n) is 8.09. The minimum Gasteiger partial charge on any atom is -0.493 e. The van der Waals surface area contributed by atoms with Crippen molar-refractivity contribution in [3.05, 3.63) is 63.0 Å². The van der Waals surface area contributed by atoms with E-state index in [0.29, 0.717) is 17.1 Å². The first kappa shape index (κ1) is 20.1. The van der Waals surface area contributed by atoms with E-state index in [-0.39, 0.29) is 28.9 Å². The normalized spacial score (nSPS) is 10.4. The van der Waals surface area contributed by atoms with Crippen LogP contribution in [0.3, 0.4) is 0 Å². The Morgan fingerprint density at radius 2 is 1.93 bits per heavy atom. The summed E-state index contributed by atoms with van der Waals surface area (Å²) >= 11 is 5.81. The number of benzene rings is 2. The fourth-order valence-corrected chi connectivity index (χ4v) is 2.61. The largest absolute Gasteiger partial charge is 0.493 e. The van der Waals surface area contributed by atoms with E-state index in [1.54, 1.807) is 18.2 Å². The van der Waals surface area contributed by atoms with Crippen molar-refractivity contribution in [2.45, 2.75) is 6.61 Å². The number of nitro benzene ring substituents is 1. The van der Waals surface area contributed by atoms with E-state index in [2.05, 4.69) is 10.1 Å². The van der Waals surface area contributed by atoms with Gasteiger partial charge in [-0.3, -0.25) is 10.1 Å². The van der Waals surface area contributed by atoms with Crippen molar-refractivity contribution in [1.29, 1.82) is 0 Å². The van der Waals surface area contributed by atoms with Gasteiger partial charge in [-0.1, -0.05) is 16.8 Å². The maximum Gasteiger partial charge on any atom is 0.345 e. The van der Waals surface area contributed by atoms with Crippen LogP contribution in [0.2, 0.25) is 5.02 Å². The lowest BCUT2D eigenvalue weighted by molar-refractivity contribution is -0.385. The molecule has 10 nitrogen and oxygen atoms in total. The number of hydrogen-bond acceptors (Lipinski definition) is 9. The number of rotatable bonds is 7. The molecule has 0 aliphatic rings. The van der Waals surface area contributed by atoms with Crippen LogP contribution in [0.25, 0.3) is 11.4 Å². The summed E-state index contributed by atoms with van der Waals surface area (Å²) in [6.07, 6.45) is 0. The molecule has 0 saturated heterocycles. The van der Waals surface area contributed by atoms with Crippen LogP contribution in [0.1, 0.15) is 16.2 Å². The van der Waals surface area contributed by atoms with Crippen molar-refractivity contribution < 1.29 is 28.5 Å². The fourth-order valence-electron chi connectivity index (χ4n) is 2.44. The molecular weight excluding hydrogens is 406 g/mol. The van der Waals surface area contributed by atoms with Gasteiger partial charge in [0, 0.05) is 16.7 Å². The molecular formula is C18H14ClN3O7. The lowest BCUT2D eigenvalue weighted by Gasteiger charge is -2.07. The minimum atomic E-state index is -0.940. The van der Waals surface area contributed by atoms with E-state index in [1.807, 2.05) is 0 Å². The smallest absolute Gasteiger partial charge is 0.345 e. The van der Waals surface area contributed by atoms with Crippen molar-refractivity contribution in [3.8, 4) is 22.9 Å². The molecule has 3 aromatic rings. The molecule has 150 valence electrons. The Hall–Kier alpha value is -3.66. The molecule has 0 aliphatic carbocycles. The SMILES string of the molecule is COc1ccc(-c2noc(COC(=O)c3cc(Cl)ccc3[N+](=O)[O-])n2)cc1OC. The molecule has 0 spiro atoms. The van der Waals surface area contributed by atoms with Crippen LogP contribution in [0.15, 0.2) is 40.9 Å². The molecule has 0 radical (unpaired) electrons. The first-order chi connectivity index (χ1) is 13.9. The van der Waals surface area contributed by atoms with Gasteiger partial charge in [0.1, 0.15) is 5.56 Å². The second kappa shape index (κ2) is 8.57. The molecule has 0 unspecified atom stereocenters. The molecule has 0 aliphatic heterocycles. The van der Waals surface area contributed by atoms with Gasteiger partial charge in [0.15, 0.2) is 18.1 Å². The lowest BCUT2D eigenvalue weighted by atomic mass is 10.2. The zero-order valence-electron chi connectivity index (χ0n) is 15.2. The van der Waals surface area contributed by atoms with Gasteiger partial charge in [0.2, 0.25) is 5.82 Å². The molecule has 0 bridgehead atoms. The summed E-state index contributed by atoms with van der Waals surface area (Å²) in [4.78, 5) is 26.7. The summed E-state index contributed by atoms with van der Waals surface area (Å²) in [6.45, 7) is -0.372. The van der Waals surface area contributed by atoms with E-state index in [1.165, 1.54) is 20.3 Å². The number of methoxy groups -OCH3 is 2. The number of nitrogens with zero attached hydrogens (tertiary/aromatic N) is 3. The highest BCUT2D eigenvalue weighted by Gasteiger charge is 2.23. The van der Waals surface area contributed by atoms with Crippen LogP contribution in [0, 0.1) is 10.1 Å². The predicted octanol–water partition coefficient (Wildman–Crippen LogP) is 3.67. The maximum absolute atomic E-state index is 12.2. The molecule has 0 fully saturated rings. The van der Waals surface area contributed by atoms with Gasteiger partial charge in [-0.15, -0.1) is 0 Å². The zero-order chi connectivity index (χ0) is 21.0. The quantitative estimate of drug-likeness (QED) is 0.320. The summed E-state index contributed by atoms with van der Waals surface area (Å²) in [5, 5.41) is 15.1. The van der Waals surface area contributed by atoms with Crippen LogP contribution in [-0.4, -0.2) is 35.3 Å². The zero-order valence-corrected chi connectivity index (χ0v) is 16.0. The van der Waals surface area contributed by atoms with Gasteiger partial charge in [-0.25, -0.2) is 4.79 Å². The third-order valence-corrected chi connectivity index (χ3v) is 4.05. The average Bonchev–Trinajstić information content (AvgIpc) is 3.20. The third kappa shape index (κ3) is 4.43. The highest BCUT2D eigenvalue weighted by Crippen LogP contribution is 2.31. The van der Waals surface area contributed by atoms with Crippen LogP contribution in [0.5, 0.6) is 11.5 Å². The second-order valence-corrected chi connectivity index (χ2v) is 6.01. The number of carbonyl (C=O) groups excluding carboxylic acids is 1. The third-order valence-electron chi connectivity index (χ3n) is 3.81. The van der Waals surface area contributed by atoms with Gasteiger partial charge in [-0.05, 0) is 30.3 Å². The molecule has 0 saturated carbocycles. The summed E-state index contributed by atoms with van der Waals surface area (Å²) in [5.41, 5.74) is -0.104. The Kier molecular flexibility index (Phi) is 5.93. The Labute approximate surface area is 169 Å². The van der Waals surface area contributed by atoms with Crippen molar-refractivity contribution in [2.24, 2.45) is 0 Å². The highest BCUT2D eigenvalue weighted by molar-refractivity contribution is 6.31. The molecule has 3 rings (SSSR count). The number of halogens is 1.